The number of carboxylic acid groups (broad SMARTS) is 2. The number of para-hydroxylation sites is 1. The van der Waals surface area contributed by atoms with Crippen molar-refractivity contribution in [3.63, 3.8) is 0 Å². The van der Waals surface area contributed by atoms with Crippen LogP contribution < -0.4 is 0 Å². The van der Waals surface area contributed by atoms with E-state index in [9.17, 15) is 14.4 Å². The van der Waals surface area contributed by atoms with Crippen LogP contribution in [0.2, 0.25) is 0 Å². The molecule has 8 nitrogen and oxygen atoms in total. The molecule has 0 aliphatic heterocycles. The Labute approximate surface area is 148 Å². The van der Waals surface area contributed by atoms with Crippen molar-refractivity contribution < 1.29 is 24.6 Å². The van der Waals surface area contributed by atoms with Crippen LogP contribution in [0.3, 0.4) is 0 Å². The molecule has 0 radical (unpaired) electrons. The second kappa shape index (κ2) is 8.34. The number of carbonyl (C=O) groups is 3. The van der Waals surface area contributed by atoms with Gasteiger partial charge in [0.1, 0.15) is 6.33 Å². The van der Waals surface area contributed by atoms with Crippen LogP contribution in [0.5, 0.6) is 0 Å². The lowest BCUT2D eigenvalue weighted by Gasteiger charge is -1.99. The second-order valence-electron chi connectivity index (χ2n) is 5.20. The van der Waals surface area contributed by atoms with Gasteiger partial charge in [-0.3, -0.25) is 4.79 Å². The molecule has 0 aliphatic rings. The SMILES string of the molecule is Cc1cc(C(=O)O)cc(C(=O)O)c1.O=Cc1ncn(-c2ccccc2)n1. The van der Waals surface area contributed by atoms with E-state index in [4.69, 9.17) is 10.2 Å². The number of nitrogens with zero attached hydrogens (tertiary/aromatic N) is 3. The van der Waals surface area contributed by atoms with Gasteiger partial charge in [-0.25, -0.2) is 19.3 Å². The molecule has 0 atom stereocenters. The summed E-state index contributed by atoms with van der Waals surface area (Å²) in [4.78, 5) is 35.2. The van der Waals surface area contributed by atoms with Gasteiger partial charge in [0.15, 0.2) is 6.29 Å². The first kappa shape index (κ1) is 18.5. The Balaban J connectivity index is 0.000000187. The highest BCUT2D eigenvalue weighted by molar-refractivity contribution is 5.94. The molecule has 2 aromatic carbocycles. The maximum atomic E-state index is 10.5. The van der Waals surface area contributed by atoms with Gasteiger partial charge in [-0.05, 0) is 42.8 Å². The fourth-order valence-electron chi connectivity index (χ4n) is 2.07. The smallest absolute Gasteiger partial charge is 0.335 e. The maximum absolute atomic E-state index is 10.5. The van der Waals surface area contributed by atoms with Crippen LogP contribution in [0.1, 0.15) is 36.9 Å². The molecule has 0 amide bonds. The quantitative estimate of drug-likeness (QED) is 0.691. The minimum atomic E-state index is -1.12. The molecular weight excluding hydrogens is 338 g/mol. The normalized spacial score (nSPS) is 9.73. The summed E-state index contributed by atoms with van der Waals surface area (Å²) in [5.74, 6) is -2.04. The van der Waals surface area contributed by atoms with Crippen molar-refractivity contribution in [2.45, 2.75) is 6.92 Å². The molecule has 0 saturated carbocycles. The summed E-state index contributed by atoms with van der Waals surface area (Å²) in [5, 5.41) is 21.2. The van der Waals surface area contributed by atoms with Crippen LogP contribution in [-0.2, 0) is 0 Å². The number of rotatable bonds is 4. The monoisotopic (exact) mass is 353 g/mol. The zero-order valence-electron chi connectivity index (χ0n) is 13.7. The molecule has 8 heteroatoms. The molecule has 0 unspecified atom stereocenters. The number of aryl methyl sites for hydroxylation is 1. The predicted molar refractivity (Wildman–Crippen MR) is 91.8 cm³/mol. The average molecular weight is 353 g/mol. The Morgan fingerprint density at radius 2 is 1.58 bits per heavy atom. The Morgan fingerprint density at radius 3 is 2.04 bits per heavy atom. The van der Waals surface area contributed by atoms with Gasteiger partial charge < -0.3 is 10.2 Å². The van der Waals surface area contributed by atoms with Crippen molar-refractivity contribution in [1.29, 1.82) is 0 Å². The van der Waals surface area contributed by atoms with Gasteiger partial charge in [-0.1, -0.05) is 18.2 Å². The zero-order valence-corrected chi connectivity index (χ0v) is 13.7. The second-order valence-corrected chi connectivity index (χ2v) is 5.20. The molecule has 3 rings (SSSR count). The molecule has 1 aromatic heterocycles. The third kappa shape index (κ3) is 4.84. The van der Waals surface area contributed by atoms with Crippen LogP contribution in [-0.4, -0.2) is 43.2 Å². The summed E-state index contributed by atoms with van der Waals surface area (Å²) in [6.45, 7) is 1.65. The molecule has 0 bridgehead atoms. The fraction of sp³-hybridized carbons (Fsp3) is 0.0556. The number of aromatic nitrogens is 3. The molecule has 0 aliphatic carbocycles. The van der Waals surface area contributed by atoms with Crippen LogP contribution >= 0.6 is 0 Å². The Bertz CT molecular complexity index is 903. The van der Waals surface area contributed by atoms with Gasteiger partial charge in [0.2, 0.25) is 5.82 Å². The molecule has 132 valence electrons. The topological polar surface area (TPSA) is 122 Å². The maximum Gasteiger partial charge on any atom is 0.335 e. The molecule has 2 N–H and O–H groups in total. The van der Waals surface area contributed by atoms with Crippen LogP contribution in [0.4, 0.5) is 0 Å². The van der Waals surface area contributed by atoms with Gasteiger partial charge in [-0.15, -0.1) is 5.10 Å². The van der Waals surface area contributed by atoms with Crippen molar-refractivity contribution in [3.05, 3.63) is 77.4 Å². The Morgan fingerprint density at radius 1 is 1.00 bits per heavy atom. The first-order valence-electron chi connectivity index (χ1n) is 7.41. The van der Waals surface area contributed by atoms with E-state index in [0.717, 1.165) is 11.8 Å². The largest absolute Gasteiger partial charge is 0.478 e. The first-order chi connectivity index (χ1) is 12.4. The summed E-state index contributed by atoms with van der Waals surface area (Å²) < 4.78 is 1.56. The molecule has 26 heavy (non-hydrogen) atoms. The van der Waals surface area contributed by atoms with Gasteiger partial charge in [0, 0.05) is 0 Å². The van der Waals surface area contributed by atoms with Crippen molar-refractivity contribution >= 4 is 18.2 Å². The van der Waals surface area contributed by atoms with Crippen molar-refractivity contribution in [1.82, 2.24) is 14.8 Å². The standard InChI is InChI=1S/C9H7N3O.C9H8O4/c13-6-9-10-7-12(11-9)8-4-2-1-3-5-8;1-5-2-6(8(10)11)4-7(3-5)9(12)13/h1-7H;2-4H,1H3,(H,10,11)(H,12,13). The summed E-state index contributed by atoms with van der Waals surface area (Å²) in [5.41, 5.74) is 1.51. The van der Waals surface area contributed by atoms with E-state index in [1.807, 2.05) is 30.3 Å². The van der Waals surface area contributed by atoms with E-state index in [2.05, 4.69) is 10.1 Å². The number of carbonyl (C=O) groups excluding carboxylic acids is 1. The van der Waals surface area contributed by atoms with Crippen LogP contribution in [0.25, 0.3) is 5.69 Å². The molecule has 0 fully saturated rings. The summed E-state index contributed by atoms with van der Waals surface area (Å²) in [6.07, 6.45) is 2.14. The third-order valence-electron chi connectivity index (χ3n) is 3.21. The predicted octanol–water partition coefficient (Wildman–Crippen LogP) is 2.47. The summed E-state index contributed by atoms with van der Waals surface area (Å²) in [6, 6.07) is 13.5. The van der Waals surface area contributed by atoms with E-state index in [1.165, 1.54) is 18.5 Å². The fourth-order valence-corrected chi connectivity index (χ4v) is 2.07. The molecular formula is C18H15N3O5. The van der Waals surface area contributed by atoms with Crippen molar-refractivity contribution in [2.24, 2.45) is 0 Å². The number of aromatic carboxylic acids is 2. The van der Waals surface area contributed by atoms with Crippen molar-refractivity contribution in [3.8, 4) is 5.69 Å². The van der Waals surface area contributed by atoms with Gasteiger partial charge in [0.05, 0.1) is 16.8 Å². The van der Waals surface area contributed by atoms with E-state index in [-0.39, 0.29) is 17.0 Å². The summed E-state index contributed by atoms with van der Waals surface area (Å²) >= 11 is 0. The summed E-state index contributed by atoms with van der Waals surface area (Å²) in [7, 11) is 0. The van der Waals surface area contributed by atoms with E-state index in [0.29, 0.717) is 11.8 Å². The lowest BCUT2D eigenvalue weighted by molar-refractivity contribution is 0.0696. The highest BCUT2D eigenvalue weighted by atomic mass is 16.4. The zero-order chi connectivity index (χ0) is 19.1. The van der Waals surface area contributed by atoms with E-state index < -0.39 is 11.9 Å². The lowest BCUT2D eigenvalue weighted by atomic mass is 10.1. The molecule has 0 saturated heterocycles. The minimum absolute atomic E-state index is 0.00241. The van der Waals surface area contributed by atoms with Gasteiger partial charge in [-0.2, -0.15) is 0 Å². The third-order valence-corrected chi connectivity index (χ3v) is 3.21. The Hall–Kier alpha value is -3.81. The highest BCUT2D eigenvalue weighted by Crippen LogP contribution is 2.09. The number of aldehydes is 1. The Kier molecular flexibility index (Phi) is 5.94. The first-order valence-corrected chi connectivity index (χ1v) is 7.41. The van der Waals surface area contributed by atoms with Crippen LogP contribution in [0, 0.1) is 6.92 Å². The van der Waals surface area contributed by atoms with Gasteiger partial charge in [0.25, 0.3) is 0 Å². The molecule has 0 spiro atoms. The van der Waals surface area contributed by atoms with E-state index in [1.54, 1.807) is 11.6 Å². The average Bonchev–Trinajstić information content (AvgIpc) is 3.11. The lowest BCUT2D eigenvalue weighted by Crippen LogP contribution is -2.02. The van der Waals surface area contributed by atoms with Crippen molar-refractivity contribution in [2.75, 3.05) is 0 Å². The van der Waals surface area contributed by atoms with Gasteiger partial charge >= 0.3 is 11.9 Å². The molecule has 3 aromatic rings. The number of hydrogen-bond acceptors (Lipinski definition) is 5. The number of benzene rings is 2. The van der Waals surface area contributed by atoms with E-state index >= 15 is 0 Å². The van der Waals surface area contributed by atoms with Crippen LogP contribution in [0.15, 0.2) is 54.9 Å². The number of hydrogen-bond donors (Lipinski definition) is 2. The highest BCUT2D eigenvalue weighted by Gasteiger charge is 2.09. The minimum Gasteiger partial charge on any atom is -0.478 e. The molecule has 1 heterocycles. The number of carboxylic acids is 2.